The molecular formula is C45H44N6O8S2. The number of nitrogens with one attached hydrogen (secondary N) is 4. The molecule has 16 heteroatoms. The minimum absolute atomic E-state index is 0.107. The number of hydrogen-bond acceptors (Lipinski definition) is 10. The minimum Gasteiger partial charge on any atom is -0.744 e. The molecule has 2 amide bonds. The lowest BCUT2D eigenvalue weighted by molar-refractivity contribution is -0.671. The lowest BCUT2D eigenvalue weighted by Gasteiger charge is -2.11. The fourth-order valence-electron chi connectivity index (χ4n) is 5.66. The van der Waals surface area contributed by atoms with Crippen molar-refractivity contribution in [2.24, 2.45) is 14.1 Å². The van der Waals surface area contributed by atoms with Gasteiger partial charge in [0.2, 0.25) is 11.4 Å². The molecular weight excluding hydrogens is 817 g/mol. The van der Waals surface area contributed by atoms with E-state index in [9.17, 15) is 35.5 Å². The van der Waals surface area contributed by atoms with E-state index >= 15 is 0 Å². The van der Waals surface area contributed by atoms with Gasteiger partial charge in [-0.05, 0) is 98.8 Å². The highest BCUT2D eigenvalue weighted by Crippen LogP contribution is 2.27. The van der Waals surface area contributed by atoms with Crippen LogP contribution in [0.3, 0.4) is 0 Å². The topological polar surface area (TPSA) is 204 Å². The van der Waals surface area contributed by atoms with E-state index in [4.69, 9.17) is 0 Å². The summed E-state index contributed by atoms with van der Waals surface area (Å²) in [6.07, 6.45) is 5.91. The summed E-state index contributed by atoms with van der Waals surface area (Å²) in [5, 5.41) is 13.6. The first-order chi connectivity index (χ1) is 28.8. The third-order valence-corrected chi connectivity index (χ3v) is 10.6. The summed E-state index contributed by atoms with van der Waals surface area (Å²) in [7, 11) is -4.60. The summed E-state index contributed by atoms with van der Waals surface area (Å²) in [6.45, 7) is 5.14. The van der Waals surface area contributed by atoms with Crippen molar-refractivity contribution in [3.63, 3.8) is 0 Å². The highest BCUT2D eigenvalue weighted by Gasteiger charge is 2.13. The first-order valence-corrected chi connectivity index (χ1v) is 21.4. The van der Waals surface area contributed by atoms with Crippen LogP contribution in [-0.2, 0) is 39.1 Å². The standard InChI is InChI=1S/C31H28N6O2.2C7H8O3S/c1-21(38)32-27-12-13-28-29(16-19-37(3)30(28)20-27)34-24-8-10-25(11-9-24)35-31(39)22-4-6-23(7-5-22)33-26-14-17-36(2)18-15-26;2*1-6-2-4-7(5-3-6)11(8,9)10/h4-20H,1-3H3,(H2,32,34,35,38,39);2*2-5H,1H3,(H,8,9,10). The van der Waals surface area contributed by atoms with E-state index in [0.717, 1.165) is 50.5 Å². The zero-order chi connectivity index (χ0) is 44.3. The Hall–Kier alpha value is -6.98. The highest BCUT2D eigenvalue weighted by atomic mass is 32.2. The largest absolute Gasteiger partial charge is 0.744 e. The molecule has 2 heterocycles. The van der Waals surface area contributed by atoms with Crippen molar-refractivity contribution in [2.75, 3.05) is 21.3 Å². The molecule has 0 atom stereocenters. The molecule has 0 saturated heterocycles. The van der Waals surface area contributed by atoms with Crippen molar-refractivity contribution >= 4 is 77.1 Å². The van der Waals surface area contributed by atoms with Gasteiger partial charge >= 0.3 is 0 Å². The summed E-state index contributed by atoms with van der Waals surface area (Å²) in [5.41, 5.74) is 8.57. The van der Waals surface area contributed by atoms with Crippen LogP contribution in [0.15, 0.2) is 162 Å². The predicted molar refractivity (Wildman–Crippen MR) is 233 cm³/mol. The Morgan fingerprint density at radius 2 is 0.984 bits per heavy atom. The summed E-state index contributed by atoms with van der Waals surface area (Å²) in [6, 6.07) is 38.3. The Kier molecular flexibility index (Phi) is 14.7. The van der Waals surface area contributed by atoms with Crippen molar-refractivity contribution in [2.45, 2.75) is 30.6 Å². The van der Waals surface area contributed by atoms with E-state index in [1.807, 2.05) is 128 Å². The van der Waals surface area contributed by atoms with Gasteiger partial charge in [0.05, 0.1) is 26.6 Å². The van der Waals surface area contributed by atoms with Crippen LogP contribution in [0.4, 0.5) is 34.1 Å². The monoisotopic (exact) mass is 860 g/mol. The van der Waals surface area contributed by atoms with Crippen LogP contribution in [0.2, 0.25) is 0 Å². The van der Waals surface area contributed by atoms with E-state index in [2.05, 4.69) is 21.3 Å². The molecule has 0 aliphatic carbocycles. The van der Waals surface area contributed by atoms with Crippen LogP contribution in [0.5, 0.6) is 0 Å². The van der Waals surface area contributed by atoms with Gasteiger partial charge in [-0.2, -0.15) is 0 Å². The van der Waals surface area contributed by atoms with Crippen LogP contribution in [0.25, 0.3) is 10.9 Å². The molecule has 14 nitrogen and oxygen atoms in total. The van der Waals surface area contributed by atoms with Crippen LogP contribution in [0.1, 0.15) is 28.4 Å². The van der Waals surface area contributed by atoms with E-state index < -0.39 is 20.2 Å². The number of fused-ring (bicyclic) bond motifs is 1. The second-order valence-corrected chi connectivity index (χ2v) is 16.7. The number of aromatic nitrogens is 2. The van der Waals surface area contributed by atoms with Gasteiger partial charge < -0.3 is 30.4 Å². The Bertz CT molecular complexity index is 2780. The zero-order valence-electron chi connectivity index (χ0n) is 33.9. The maximum atomic E-state index is 12.8. The molecule has 314 valence electrons. The van der Waals surface area contributed by atoms with Gasteiger partial charge in [-0.15, -0.1) is 0 Å². The maximum absolute atomic E-state index is 12.8. The number of anilines is 6. The van der Waals surface area contributed by atoms with E-state index in [0.29, 0.717) is 11.3 Å². The Morgan fingerprint density at radius 1 is 0.525 bits per heavy atom. The Balaban J connectivity index is 0.000000259. The molecule has 0 unspecified atom stereocenters. The summed E-state index contributed by atoms with van der Waals surface area (Å²) in [4.78, 5) is 23.9. The number of carbonyl (C=O) groups is 2. The zero-order valence-corrected chi connectivity index (χ0v) is 35.5. The smallest absolute Gasteiger partial charge is 0.255 e. The molecule has 61 heavy (non-hydrogen) atoms. The number of aryl methyl sites for hydroxylation is 4. The van der Waals surface area contributed by atoms with Gasteiger partial charge in [0.25, 0.3) is 5.91 Å². The normalized spacial score (nSPS) is 10.9. The molecule has 0 spiro atoms. The molecule has 0 radical (unpaired) electrons. The number of rotatable bonds is 9. The third-order valence-electron chi connectivity index (χ3n) is 8.91. The van der Waals surface area contributed by atoms with Crippen LogP contribution in [0, 0.1) is 13.8 Å². The van der Waals surface area contributed by atoms with Gasteiger partial charge in [-0.1, -0.05) is 35.4 Å². The van der Waals surface area contributed by atoms with Crippen LogP contribution >= 0.6 is 0 Å². The number of carbonyl (C=O) groups excluding carboxylic acids is 2. The SMILES string of the molecule is CC(=O)Nc1ccc2c(Nc3ccc(NC(=O)c4ccc(Nc5cc[n+](C)cc5)cc4)cc3)cc[n+](C)c2c1.Cc1ccc(S(=O)(=O)[O-])cc1.Cc1ccc(S(=O)(=O)[O-])cc1. The Labute approximate surface area is 355 Å². The Morgan fingerprint density at radius 3 is 1.49 bits per heavy atom. The van der Waals surface area contributed by atoms with E-state index in [1.54, 1.807) is 36.4 Å². The average Bonchev–Trinajstić information content (AvgIpc) is 3.21. The van der Waals surface area contributed by atoms with Crippen molar-refractivity contribution in [3.05, 3.63) is 169 Å². The number of pyridine rings is 2. The van der Waals surface area contributed by atoms with Crippen molar-refractivity contribution in [3.8, 4) is 0 Å². The molecule has 2 aromatic heterocycles. The average molecular weight is 861 g/mol. The van der Waals surface area contributed by atoms with Gasteiger partial charge in [0, 0.05) is 59.5 Å². The number of hydrogen-bond donors (Lipinski definition) is 4. The molecule has 7 rings (SSSR count). The molecule has 0 fully saturated rings. The molecule has 0 bridgehead atoms. The lowest BCUT2D eigenvalue weighted by Crippen LogP contribution is -2.28. The van der Waals surface area contributed by atoms with Crippen LogP contribution in [-0.4, -0.2) is 37.8 Å². The van der Waals surface area contributed by atoms with Gasteiger partial charge in [-0.25, -0.2) is 26.0 Å². The molecule has 0 aliphatic rings. The predicted octanol–water partition coefficient (Wildman–Crippen LogP) is 6.98. The molecule has 4 N–H and O–H groups in total. The summed E-state index contributed by atoms with van der Waals surface area (Å²) < 4.78 is 66.3. The fraction of sp³-hybridized carbons (Fsp3) is 0.111. The molecule has 5 aromatic carbocycles. The van der Waals surface area contributed by atoms with Gasteiger partial charge in [-0.3, -0.25) is 9.59 Å². The fourth-order valence-corrected chi connectivity index (χ4v) is 6.60. The van der Waals surface area contributed by atoms with E-state index in [1.165, 1.54) is 31.2 Å². The third kappa shape index (κ3) is 13.5. The summed E-state index contributed by atoms with van der Waals surface area (Å²) in [5.74, 6) is -0.282. The number of benzene rings is 5. The first kappa shape index (κ1) is 45.1. The number of nitrogens with zero attached hydrogens (tertiary/aromatic N) is 2. The molecule has 0 aliphatic heterocycles. The first-order valence-electron chi connectivity index (χ1n) is 18.6. The van der Waals surface area contributed by atoms with E-state index in [-0.39, 0.29) is 21.6 Å². The molecule has 0 saturated carbocycles. The van der Waals surface area contributed by atoms with Gasteiger partial charge in [0.1, 0.15) is 34.3 Å². The van der Waals surface area contributed by atoms with Gasteiger partial charge in [0.15, 0.2) is 18.6 Å². The number of amides is 2. The lowest BCUT2D eigenvalue weighted by atomic mass is 10.1. The quantitative estimate of drug-likeness (QED) is 0.0866. The van der Waals surface area contributed by atoms with Crippen LogP contribution < -0.4 is 30.4 Å². The van der Waals surface area contributed by atoms with Crippen molar-refractivity contribution < 1.29 is 44.7 Å². The second kappa shape index (κ2) is 19.8. The second-order valence-electron chi connectivity index (χ2n) is 13.9. The minimum atomic E-state index is -4.27. The maximum Gasteiger partial charge on any atom is 0.255 e. The molecule has 7 aromatic rings. The summed E-state index contributed by atoms with van der Waals surface area (Å²) >= 11 is 0. The van der Waals surface area contributed by atoms with Crippen molar-refractivity contribution in [1.82, 2.24) is 0 Å². The van der Waals surface area contributed by atoms with Crippen molar-refractivity contribution in [1.29, 1.82) is 0 Å². The highest BCUT2D eigenvalue weighted by molar-refractivity contribution is 7.86.